The monoisotopic (exact) mass is 484 g/mol. The van der Waals surface area contributed by atoms with Gasteiger partial charge in [0.05, 0.1) is 12.8 Å². The van der Waals surface area contributed by atoms with Crippen LogP contribution in [-0.2, 0) is 33.5 Å². The lowest BCUT2D eigenvalue weighted by Crippen LogP contribution is -2.22. The Morgan fingerprint density at radius 3 is 2.72 bits per heavy atom. The molecule has 1 aliphatic carbocycles. The first-order valence-electron chi connectivity index (χ1n) is 11.6. The fourth-order valence-corrected chi connectivity index (χ4v) is 4.99. The van der Waals surface area contributed by atoms with Gasteiger partial charge in [0, 0.05) is 55.7 Å². The topological polar surface area (TPSA) is 124 Å². The van der Waals surface area contributed by atoms with Gasteiger partial charge in [-0.05, 0) is 48.6 Å². The number of hydrogen-bond donors (Lipinski definition) is 2. The third kappa shape index (κ3) is 3.43. The minimum absolute atomic E-state index is 0.197. The lowest BCUT2D eigenvalue weighted by molar-refractivity contribution is 0.281. The van der Waals surface area contributed by atoms with Gasteiger partial charge in [0.25, 0.3) is 11.1 Å². The van der Waals surface area contributed by atoms with Crippen LogP contribution in [0.2, 0.25) is 0 Å². The Hall–Kier alpha value is -4.51. The molecule has 5 aromatic rings. The largest absolute Gasteiger partial charge is 0.392 e. The molecule has 0 aliphatic heterocycles. The van der Waals surface area contributed by atoms with E-state index in [0.717, 1.165) is 19.3 Å². The smallest absolute Gasteiger partial charge is 0.280 e. The zero-order valence-corrected chi connectivity index (χ0v) is 19.8. The van der Waals surface area contributed by atoms with Crippen molar-refractivity contribution in [3.05, 3.63) is 86.7 Å². The number of nitrogens with one attached hydrogen (secondary N) is 1. The van der Waals surface area contributed by atoms with E-state index in [1.54, 1.807) is 51.0 Å². The fraction of sp³-hybridized carbons (Fsp3) is 0.240. The van der Waals surface area contributed by atoms with Gasteiger partial charge in [-0.2, -0.15) is 0 Å². The predicted molar refractivity (Wildman–Crippen MR) is 134 cm³/mol. The Balaban J connectivity index is 1.49. The van der Waals surface area contributed by atoms with Crippen molar-refractivity contribution in [2.24, 2.45) is 14.1 Å². The Bertz CT molecular complexity index is 1760. The molecule has 0 saturated carbocycles. The lowest BCUT2D eigenvalue weighted by atomic mass is 10.0. The molecule has 11 heteroatoms. The van der Waals surface area contributed by atoms with Gasteiger partial charge in [0.1, 0.15) is 17.0 Å². The molecule has 6 rings (SSSR count). The lowest BCUT2D eigenvalue weighted by Gasteiger charge is -2.16. The molecule has 0 bridgehead atoms. The van der Waals surface area contributed by atoms with E-state index >= 15 is 0 Å². The highest BCUT2D eigenvalue weighted by molar-refractivity contribution is 5.73. The number of hydrogen-bond acceptors (Lipinski definition) is 7. The third-order valence-electron chi connectivity index (χ3n) is 6.67. The molecule has 0 atom stereocenters. The number of aromatic nitrogens is 7. The number of aryl methyl sites for hydroxylation is 4. The number of pyridine rings is 2. The average molecular weight is 485 g/mol. The quantitative estimate of drug-likeness (QED) is 0.389. The van der Waals surface area contributed by atoms with E-state index in [9.17, 15) is 14.7 Å². The number of aliphatic hydroxyl groups excluding tert-OH is 1. The Morgan fingerprint density at radius 1 is 1.08 bits per heavy atom. The van der Waals surface area contributed by atoms with Crippen LogP contribution >= 0.6 is 0 Å². The van der Waals surface area contributed by atoms with Gasteiger partial charge in [0.15, 0.2) is 5.82 Å². The number of rotatable bonds is 5. The normalized spacial score (nSPS) is 12.9. The second-order valence-electron chi connectivity index (χ2n) is 8.98. The summed E-state index contributed by atoms with van der Waals surface area (Å²) in [5.74, 6) is 0.782. The first-order chi connectivity index (χ1) is 17.4. The van der Waals surface area contributed by atoms with Crippen molar-refractivity contribution in [3.63, 3.8) is 0 Å². The van der Waals surface area contributed by atoms with E-state index < -0.39 is 0 Å². The Morgan fingerprint density at radius 2 is 1.94 bits per heavy atom. The molecule has 11 nitrogen and oxygen atoms in total. The highest BCUT2D eigenvalue weighted by Crippen LogP contribution is 2.29. The van der Waals surface area contributed by atoms with E-state index in [0.29, 0.717) is 39.5 Å². The second-order valence-corrected chi connectivity index (χ2v) is 8.98. The average Bonchev–Trinajstić information content (AvgIpc) is 3.58. The summed E-state index contributed by atoms with van der Waals surface area (Å²) in [4.78, 5) is 30.7. The van der Waals surface area contributed by atoms with Crippen LogP contribution in [0.1, 0.15) is 23.2 Å². The van der Waals surface area contributed by atoms with Gasteiger partial charge in [-0.15, -0.1) is 5.10 Å². The highest BCUT2D eigenvalue weighted by Gasteiger charge is 2.20. The molecule has 0 spiro atoms. The molecule has 182 valence electrons. The summed E-state index contributed by atoms with van der Waals surface area (Å²) in [7, 11) is 3.39. The van der Waals surface area contributed by atoms with Crippen molar-refractivity contribution >= 4 is 17.0 Å². The van der Waals surface area contributed by atoms with Crippen LogP contribution < -0.4 is 16.4 Å². The first-order valence-corrected chi connectivity index (χ1v) is 11.6. The van der Waals surface area contributed by atoms with Gasteiger partial charge in [-0.1, -0.05) is 5.21 Å². The highest BCUT2D eigenvalue weighted by atomic mass is 16.3. The summed E-state index contributed by atoms with van der Waals surface area (Å²) in [6, 6.07) is 5.41. The molecule has 5 aromatic heterocycles. The Labute approximate surface area is 204 Å². The summed E-state index contributed by atoms with van der Waals surface area (Å²) in [6.07, 6.45) is 11.6. The number of fused-ring (bicyclic) bond motifs is 3. The van der Waals surface area contributed by atoms with Crippen molar-refractivity contribution in [1.29, 1.82) is 0 Å². The SMILES string of the molecule is Cn1cc(Nc2cc(-c3ccnc(-n4ccn5c6c(cc5c4=O)CCC6)c3CO)cn(C)c2=O)nn1. The maximum absolute atomic E-state index is 13.5. The standard InChI is InChI=1S/C25H24N8O3/c1-30-12-16(10-19(24(30)35)27-22-13-31(2)29-28-22)17-6-7-26-23(18(17)14-34)33-9-8-32-20-5-3-4-15(20)11-21(32)25(33)36/h6-13,27,34H,3-5,14H2,1-2H3. The van der Waals surface area contributed by atoms with Crippen molar-refractivity contribution in [2.75, 3.05) is 5.32 Å². The second kappa shape index (κ2) is 8.31. The van der Waals surface area contributed by atoms with Gasteiger partial charge in [-0.3, -0.25) is 18.8 Å². The summed E-state index contributed by atoms with van der Waals surface area (Å²) in [5, 5.41) is 21.3. The minimum atomic E-state index is -0.344. The molecular formula is C25H24N8O3. The molecular weight excluding hydrogens is 460 g/mol. The van der Waals surface area contributed by atoms with E-state index in [4.69, 9.17) is 0 Å². The van der Waals surface area contributed by atoms with Crippen LogP contribution in [0, 0.1) is 0 Å². The van der Waals surface area contributed by atoms with Crippen molar-refractivity contribution < 1.29 is 5.11 Å². The molecule has 0 fully saturated rings. The van der Waals surface area contributed by atoms with Crippen molar-refractivity contribution in [2.45, 2.75) is 25.9 Å². The van der Waals surface area contributed by atoms with E-state index in [1.807, 2.05) is 16.7 Å². The fourth-order valence-electron chi connectivity index (χ4n) is 4.99. The van der Waals surface area contributed by atoms with Crippen LogP contribution in [0.15, 0.2) is 58.8 Å². The van der Waals surface area contributed by atoms with Crippen LogP contribution in [0.5, 0.6) is 0 Å². The molecule has 0 radical (unpaired) electrons. The molecule has 0 amide bonds. The zero-order valence-electron chi connectivity index (χ0n) is 19.8. The molecule has 2 N–H and O–H groups in total. The van der Waals surface area contributed by atoms with Gasteiger partial charge < -0.3 is 19.4 Å². The third-order valence-corrected chi connectivity index (χ3v) is 6.67. The molecule has 0 saturated heterocycles. The Kier molecular flexibility index (Phi) is 5.07. The summed E-state index contributed by atoms with van der Waals surface area (Å²) >= 11 is 0. The molecule has 36 heavy (non-hydrogen) atoms. The molecule has 1 aliphatic rings. The van der Waals surface area contributed by atoms with Gasteiger partial charge >= 0.3 is 0 Å². The maximum atomic E-state index is 13.5. The van der Waals surface area contributed by atoms with E-state index in [-0.39, 0.29) is 17.7 Å². The summed E-state index contributed by atoms with van der Waals surface area (Å²) in [6.45, 7) is -0.344. The predicted octanol–water partition coefficient (Wildman–Crippen LogP) is 1.70. The number of aliphatic hydroxyl groups is 1. The number of anilines is 2. The van der Waals surface area contributed by atoms with Crippen molar-refractivity contribution in [3.8, 4) is 16.9 Å². The van der Waals surface area contributed by atoms with Crippen molar-refractivity contribution in [1.82, 2.24) is 33.5 Å². The van der Waals surface area contributed by atoms with Gasteiger partial charge in [-0.25, -0.2) is 4.98 Å². The van der Waals surface area contributed by atoms with E-state index in [2.05, 4.69) is 20.6 Å². The zero-order chi connectivity index (χ0) is 25.0. The first kappa shape index (κ1) is 22.0. The van der Waals surface area contributed by atoms with Crippen LogP contribution in [-0.4, -0.2) is 38.6 Å². The summed E-state index contributed by atoms with van der Waals surface area (Å²) < 4.78 is 6.42. The van der Waals surface area contributed by atoms with Gasteiger partial charge in [0.2, 0.25) is 0 Å². The van der Waals surface area contributed by atoms with E-state index in [1.165, 1.54) is 25.1 Å². The molecule has 0 aromatic carbocycles. The number of nitrogens with zero attached hydrogens (tertiary/aromatic N) is 7. The maximum Gasteiger partial charge on any atom is 0.280 e. The minimum Gasteiger partial charge on any atom is -0.392 e. The van der Waals surface area contributed by atoms with Crippen LogP contribution in [0.4, 0.5) is 11.5 Å². The van der Waals surface area contributed by atoms with Crippen LogP contribution in [0.3, 0.4) is 0 Å². The summed E-state index contributed by atoms with van der Waals surface area (Å²) in [5.41, 5.74) is 4.66. The molecule has 5 heterocycles. The van der Waals surface area contributed by atoms with Crippen LogP contribution in [0.25, 0.3) is 22.5 Å². The molecule has 0 unspecified atom stereocenters.